The molecule has 2 rings (SSSR count). The van der Waals surface area contributed by atoms with E-state index in [4.69, 9.17) is 4.42 Å². The molecular formula is C11H6BrFN2O4. The average Bonchev–Trinajstić information content (AvgIpc) is 2.82. The first-order valence-electron chi connectivity index (χ1n) is 4.98. The van der Waals surface area contributed by atoms with Crippen LogP contribution in [0.1, 0.15) is 10.6 Å². The van der Waals surface area contributed by atoms with Crippen LogP contribution in [0.25, 0.3) is 0 Å². The van der Waals surface area contributed by atoms with Crippen LogP contribution < -0.4 is 5.32 Å². The molecule has 98 valence electrons. The molecule has 2 aromatic rings. The molecule has 0 spiro atoms. The fraction of sp³-hybridized carbons (Fsp3) is 0. The number of hydrogen-bond donors (Lipinski definition) is 1. The molecule has 0 aliphatic rings. The minimum Gasteiger partial charge on any atom is -0.395 e. The van der Waals surface area contributed by atoms with E-state index < -0.39 is 22.5 Å². The maximum atomic E-state index is 12.9. The predicted octanol–water partition coefficient (Wildman–Crippen LogP) is 3.34. The molecule has 0 saturated heterocycles. The molecule has 0 aliphatic carbocycles. The van der Waals surface area contributed by atoms with Crippen molar-refractivity contribution in [2.24, 2.45) is 0 Å². The van der Waals surface area contributed by atoms with E-state index in [1.807, 2.05) is 0 Å². The molecule has 1 amide bonds. The summed E-state index contributed by atoms with van der Waals surface area (Å²) in [5.74, 6) is -1.86. The molecule has 8 heteroatoms. The standard InChI is InChI=1S/C11H6BrFN2O4/c12-7-5-6(13)1-2-8(7)14-11(16)9-3-4-10(19-9)15(17)18/h1-5H,(H,14,16). The van der Waals surface area contributed by atoms with Gasteiger partial charge in [0.25, 0.3) is 5.91 Å². The molecule has 0 saturated carbocycles. The van der Waals surface area contributed by atoms with Crippen molar-refractivity contribution in [2.75, 3.05) is 5.32 Å². The number of halogens is 2. The number of anilines is 1. The van der Waals surface area contributed by atoms with Crippen LogP contribution in [0.5, 0.6) is 0 Å². The number of benzene rings is 1. The highest BCUT2D eigenvalue weighted by molar-refractivity contribution is 9.10. The Hall–Kier alpha value is -2.22. The molecule has 1 aromatic carbocycles. The lowest BCUT2D eigenvalue weighted by molar-refractivity contribution is -0.402. The molecule has 0 fully saturated rings. The minimum absolute atomic E-state index is 0.206. The summed E-state index contributed by atoms with van der Waals surface area (Å²) in [4.78, 5) is 21.4. The summed E-state index contributed by atoms with van der Waals surface area (Å²) >= 11 is 3.08. The van der Waals surface area contributed by atoms with Crippen LogP contribution in [0.15, 0.2) is 39.2 Å². The third kappa shape index (κ3) is 2.97. The smallest absolute Gasteiger partial charge is 0.395 e. The highest BCUT2D eigenvalue weighted by Crippen LogP contribution is 2.24. The molecule has 0 bridgehead atoms. The molecule has 19 heavy (non-hydrogen) atoms. The third-order valence-electron chi connectivity index (χ3n) is 2.17. The van der Waals surface area contributed by atoms with Gasteiger partial charge in [0, 0.05) is 4.47 Å². The predicted molar refractivity (Wildman–Crippen MR) is 67.4 cm³/mol. The van der Waals surface area contributed by atoms with Crippen molar-refractivity contribution in [1.29, 1.82) is 0 Å². The largest absolute Gasteiger partial charge is 0.433 e. The van der Waals surface area contributed by atoms with Crippen LogP contribution >= 0.6 is 15.9 Å². The van der Waals surface area contributed by atoms with Gasteiger partial charge in [-0.2, -0.15) is 0 Å². The van der Waals surface area contributed by atoms with E-state index in [-0.39, 0.29) is 5.76 Å². The van der Waals surface area contributed by atoms with Crippen LogP contribution in [0.2, 0.25) is 0 Å². The second kappa shape index (κ2) is 5.19. The van der Waals surface area contributed by atoms with Gasteiger partial charge in [-0.25, -0.2) is 4.39 Å². The van der Waals surface area contributed by atoms with Crippen molar-refractivity contribution < 1.29 is 18.5 Å². The van der Waals surface area contributed by atoms with E-state index >= 15 is 0 Å². The molecule has 6 nitrogen and oxygen atoms in total. The summed E-state index contributed by atoms with van der Waals surface area (Å²) in [6.07, 6.45) is 0. The number of rotatable bonds is 3. The molecule has 1 aromatic heterocycles. The zero-order chi connectivity index (χ0) is 14.0. The maximum absolute atomic E-state index is 12.9. The van der Waals surface area contributed by atoms with Crippen molar-refractivity contribution in [3.63, 3.8) is 0 Å². The number of furan rings is 1. The fourth-order valence-electron chi connectivity index (χ4n) is 1.32. The van der Waals surface area contributed by atoms with Gasteiger partial charge in [-0.3, -0.25) is 14.9 Å². The van der Waals surface area contributed by atoms with E-state index in [0.717, 1.165) is 6.07 Å². The van der Waals surface area contributed by atoms with Gasteiger partial charge in [0.1, 0.15) is 10.7 Å². The van der Waals surface area contributed by atoms with Gasteiger partial charge in [0.2, 0.25) is 0 Å². The van der Waals surface area contributed by atoms with E-state index in [9.17, 15) is 19.3 Å². The van der Waals surface area contributed by atoms with Crippen molar-refractivity contribution in [1.82, 2.24) is 0 Å². The van der Waals surface area contributed by atoms with Gasteiger partial charge in [-0.05, 0) is 40.2 Å². The molecule has 0 unspecified atom stereocenters. The number of nitrogens with zero attached hydrogens (tertiary/aromatic N) is 1. The van der Waals surface area contributed by atoms with E-state index in [1.165, 1.54) is 24.3 Å². The molecule has 1 N–H and O–H groups in total. The lowest BCUT2D eigenvalue weighted by Gasteiger charge is -2.05. The van der Waals surface area contributed by atoms with Crippen molar-refractivity contribution in [3.05, 3.63) is 56.5 Å². The maximum Gasteiger partial charge on any atom is 0.433 e. The fourth-order valence-corrected chi connectivity index (χ4v) is 1.77. The Balaban J connectivity index is 2.18. The van der Waals surface area contributed by atoms with Crippen molar-refractivity contribution in [2.45, 2.75) is 0 Å². The Morgan fingerprint density at radius 1 is 1.37 bits per heavy atom. The van der Waals surface area contributed by atoms with Crippen LogP contribution in [-0.4, -0.2) is 10.8 Å². The first kappa shape index (κ1) is 13.2. The summed E-state index contributed by atoms with van der Waals surface area (Å²) in [7, 11) is 0. The summed E-state index contributed by atoms with van der Waals surface area (Å²) < 4.78 is 18.0. The van der Waals surface area contributed by atoms with E-state index in [0.29, 0.717) is 10.2 Å². The summed E-state index contributed by atoms with van der Waals surface area (Å²) in [6, 6.07) is 5.97. The van der Waals surface area contributed by atoms with E-state index in [1.54, 1.807) is 0 Å². The Morgan fingerprint density at radius 2 is 2.11 bits per heavy atom. The highest BCUT2D eigenvalue weighted by Gasteiger charge is 2.18. The van der Waals surface area contributed by atoms with Crippen LogP contribution in [0, 0.1) is 15.9 Å². The third-order valence-corrected chi connectivity index (χ3v) is 2.83. The lowest BCUT2D eigenvalue weighted by atomic mass is 10.3. The summed E-state index contributed by atoms with van der Waals surface area (Å²) in [5.41, 5.74) is 0.324. The van der Waals surface area contributed by atoms with Gasteiger partial charge in [-0.15, -0.1) is 0 Å². The summed E-state index contributed by atoms with van der Waals surface area (Å²) in [5, 5.41) is 12.9. The number of nitro groups is 1. The Bertz CT molecular complexity index is 656. The first-order chi connectivity index (χ1) is 8.97. The van der Waals surface area contributed by atoms with Gasteiger partial charge in [-0.1, -0.05) is 0 Å². The van der Waals surface area contributed by atoms with Gasteiger partial charge in [0.05, 0.1) is 11.8 Å². The van der Waals surface area contributed by atoms with Crippen molar-refractivity contribution in [3.8, 4) is 0 Å². The zero-order valence-corrected chi connectivity index (χ0v) is 10.8. The Morgan fingerprint density at radius 3 is 2.68 bits per heavy atom. The molecular weight excluding hydrogens is 323 g/mol. The summed E-state index contributed by atoms with van der Waals surface area (Å²) in [6.45, 7) is 0. The Labute approximate surface area is 114 Å². The monoisotopic (exact) mass is 328 g/mol. The van der Waals surface area contributed by atoms with Crippen LogP contribution in [0.4, 0.5) is 16.0 Å². The number of hydrogen-bond acceptors (Lipinski definition) is 4. The molecule has 1 heterocycles. The van der Waals surface area contributed by atoms with Crippen LogP contribution in [0.3, 0.4) is 0 Å². The van der Waals surface area contributed by atoms with Gasteiger partial charge >= 0.3 is 5.88 Å². The second-order valence-electron chi connectivity index (χ2n) is 3.47. The topological polar surface area (TPSA) is 85.4 Å². The Kier molecular flexibility index (Phi) is 3.61. The highest BCUT2D eigenvalue weighted by atomic mass is 79.9. The van der Waals surface area contributed by atoms with Crippen molar-refractivity contribution >= 4 is 33.4 Å². The molecule has 0 radical (unpaired) electrons. The SMILES string of the molecule is O=C(Nc1ccc(F)cc1Br)c1ccc([N+](=O)[O-])o1. The molecule has 0 aliphatic heterocycles. The normalized spacial score (nSPS) is 10.2. The average molecular weight is 329 g/mol. The lowest BCUT2D eigenvalue weighted by Crippen LogP contribution is -2.11. The zero-order valence-electron chi connectivity index (χ0n) is 9.22. The molecule has 0 atom stereocenters. The number of amides is 1. The minimum atomic E-state index is -0.745. The van der Waals surface area contributed by atoms with Gasteiger partial charge < -0.3 is 9.73 Å². The second-order valence-corrected chi connectivity index (χ2v) is 4.33. The first-order valence-corrected chi connectivity index (χ1v) is 5.77. The van der Waals surface area contributed by atoms with E-state index in [2.05, 4.69) is 21.2 Å². The number of carbonyl (C=O) groups excluding carboxylic acids is 1. The van der Waals surface area contributed by atoms with Crippen LogP contribution in [-0.2, 0) is 0 Å². The van der Waals surface area contributed by atoms with Gasteiger partial charge in [0.15, 0.2) is 5.76 Å². The number of carbonyl (C=O) groups is 1. The quantitative estimate of drug-likeness (QED) is 0.691. The number of nitrogens with one attached hydrogen (secondary N) is 1.